The van der Waals surface area contributed by atoms with Gasteiger partial charge in [-0.15, -0.1) is 0 Å². The molecule has 3 heteroatoms. The Morgan fingerprint density at radius 2 is 1.59 bits per heavy atom. The number of rotatable bonds is 5. The zero-order valence-electron chi connectivity index (χ0n) is 15.5. The van der Waals surface area contributed by atoms with E-state index in [4.69, 9.17) is 4.74 Å². The molecule has 1 unspecified atom stereocenters. The lowest BCUT2D eigenvalue weighted by Crippen LogP contribution is -2.45. The number of hydrogen-bond acceptors (Lipinski definition) is 2. The highest BCUT2D eigenvalue weighted by molar-refractivity contribution is 6.00. The third-order valence-corrected chi connectivity index (χ3v) is 4.90. The average Bonchev–Trinajstić information content (AvgIpc) is 2.72. The van der Waals surface area contributed by atoms with Gasteiger partial charge in [0.2, 0.25) is 0 Å². The molecule has 0 aromatic heterocycles. The summed E-state index contributed by atoms with van der Waals surface area (Å²) in [5.41, 5.74) is 4.16. The molecule has 3 nitrogen and oxygen atoms in total. The van der Waals surface area contributed by atoms with Gasteiger partial charge < -0.3 is 9.64 Å². The predicted molar refractivity (Wildman–Crippen MR) is 109 cm³/mol. The molecule has 1 aliphatic rings. The van der Waals surface area contributed by atoms with Gasteiger partial charge in [0.1, 0.15) is 5.75 Å². The maximum atomic E-state index is 13.1. The minimum atomic E-state index is -0.409. The molecule has 3 aromatic rings. The van der Waals surface area contributed by atoms with Crippen molar-refractivity contribution in [3.05, 3.63) is 84.4 Å². The van der Waals surface area contributed by atoms with Crippen molar-refractivity contribution in [3.8, 4) is 16.9 Å². The molecule has 0 radical (unpaired) electrons. The van der Waals surface area contributed by atoms with E-state index in [0.29, 0.717) is 6.54 Å². The van der Waals surface area contributed by atoms with Crippen LogP contribution in [0, 0.1) is 0 Å². The lowest BCUT2D eigenvalue weighted by atomic mass is 10.0. The molecule has 1 amide bonds. The molecular formula is C24H23NO2. The summed E-state index contributed by atoms with van der Waals surface area (Å²) < 4.78 is 6.05. The van der Waals surface area contributed by atoms with Gasteiger partial charge in [0.05, 0.1) is 12.2 Å². The van der Waals surface area contributed by atoms with E-state index < -0.39 is 6.10 Å². The molecule has 0 spiro atoms. The molecule has 1 heterocycles. The van der Waals surface area contributed by atoms with Gasteiger partial charge in [-0.3, -0.25) is 4.79 Å². The largest absolute Gasteiger partial charge is 0.478 e. The van der Waals surface area contributed by atoms with Gasteiger partial charge >= 0.3 is 0 Å². The van der Waals surface area contributed by atoms with E-state index in [-0.39, 0.29) is 5.91 Å². The number of benzene rings is 3. The Hall–Kier alpha value is -3.07. The van der Waals surface area contributed by atoms with E-state index in [1.54, 1.807) is 0 Å². The van der Waals surface area contributed by atoms with Crippen molar-refractivity contribution in [2.45, 2.75) is 32.4 Å². The highest BCUT2D eigenvalue weighted by Gasteiger charge is 2.34. The minimum Gasteiger partial charge on any atom is -0.478 e. The van der Waals surface area contributed by atoms with Crippen LogP contribution in [0.2, 0.25) is 0 Å². The second-order valence-corrected chi connectivity index (χ2v) is 6.85. The Balaban J connectivity index is 1.75. The Morgan fingerprint density at radius 1 is 0.889 bits per heavy atom. The highest BCUT2D eigenvalue weighted by atomic mass is 16.5. The number of hydrogen-bond donors (Lipinski definition) is 0. The maximum Gasteiger partial charge on any atom is 0.268 e. The predicted octanol–water partition coefficient (Wildman–Crippen LogP) is 5.45. The van der Waals surface area contributed by atoms with Crippen LogP contribution in [0.5, 0.6) is 5.75 Å². The van der Waals surface area contributed by atoms with Crippen LogP contribution in [0.1, 0.15) is 25.3 Å². The SMILES string of the molecule is CCCC1Oc2ccc(-c3ccccc3)cc2N(Cc2ccccc2)C1=O. The summed E-state index contributed by atoms with van der Waals surface area (Å²) in [7, 11) is 0. The van der Waals surface area contributed by atoms with E-state index in [0.717, 1.165) is 41.0 Å². The molecule has 0 bridgehead atoms. The van der Waals surface area contributed by atoms with Crippen LogP contribution in [0.3, 0.4) is 0 Å². The fourth-order valence-electron chi connectivity index (χ4n) is 3.51. The van der Waals surface area contributed by atoms with Crippen molar-refractivity contribution in [2.24, 2.45) is 0 Å². The van der Waals surface area contributed by atoms with Crippen LogP contribution in [-0.4, -0.2) is 12.0 Å². The van der Waals surface area contributed by atoms with E-state index >= 15 is 0 Å². The number of carbonyl (C=O) groups excluding carboxylic acids is 1. The van der Waals surface area contributed by atoms with Crippen molar-refractivity contribution in [1.29, 1.82) is 0 Å². The number of ether oxygens (including phenoxy) is 1. The van der Waals surface area contributed by atoms with Crippen molar-refractivity contribution >= 4 is 11.6 Å². The molecule has 1 aliphatic heterocycles. The zero-order valence-corrected chi connectivity index (χ0v) is 15.5. The fourth-order valence-corrected chi connectivity index (χ4v) is 3.51. The molecule has 136 valence electrons. The highest BCUT2D eigenvalue weighted by Crippen LogP contribution is 2.39. The summed E-state index contributed by atoms with van der Waals surface area (Å²) in [5.74, 6) is 0.821. The molecule has 0 N–H and O–H groups in total. The molecule has 0 saturated heterocycles. The summed E-state index contributed by atoms with van der Waals surface area (Å²) in [5, 5.41) is 0. The summed E-state index contributed by atoms with van der Waals surface area (Å²) in [6.07, 6.45) is 1.23. The molecule has 1 atom stereocenters. The van der Waals surface area contributed by atoms with Crippen molar-refractivity contribution in [3.63, 3.8) is 0 Å². The van der Waals surface area contributed by atoms with Gasteiger partial charge in [0.15, 0.2) is 6.10 Å². The van der Waals surface area contributed by atoms with E-state index in [1.165, 1.54) is 0 Å². The zero-order chi connectivity index (χ0) is 18.6. The standard InChI is InChI=1S/C24H23NO2/c1-2-9-23-24(26)25(17-18-10-5-3-6-11-18)21-16-20(14-15-22(21)27-23)19-12-7-4-8-13-19/h3-8,10-16,23H,2,9,17H2,1H3. The first-order valence-corrected chi connectivity index (χ1v) is 9.47. The number of carbonyl (C=O) groups is 1. The summed E-state index contributed by atoms with van der Waals surface area (Å²) >= 11 is 0. The normalized spacial score (nSPS) is 16.0. The summed E-state index contributed by atoms with van der Waals surface area (Å²) in [6, 6.07) is 26.4. The number of fused-ring (bicyclic) bond motifs is 1. The van der Waals surface area contributed by atoms with Gasteiger partial charge in [-0.2, -0.15) is 0 Å². The van der Waals surface area contributed by atoms with Crippen LogP contribution in [0.15, 0.2) is 78.9 Å². The molecule has 3 aromatic carbocycles. The first-order valence-electron chi connectivity index (χ1n) is 9.47. The minimum absolute atomic E-state index is 0.0402. The maximum absolute atomic E-state index is 13.1. The third-order valence-electron chi connectivity index (χ3n) is 4.90. The number of amides is 1. The smallest absolute Gasteiger partial charge is 0.268 e. The molecule has 0 aliphatic carbocycles. The Morgan fingerprint density at radius 3 is 2.30 bits per heavy atom. The second-order valence-electron chi connectivity index (χ2n) is 6.85. The Kier molecular flexibility index (Phi) is 4.93. The van der Waals surface area contributed by atoms with Crippen LogP contribution in [0.25, 0.3) is 11.1 Å². The van der Waals surface area contributed by atoms with Crippen molar-refractivity contribution < 1.29 is 9.53 Å². The van der Waals surface area contributed by atoms with Crippen molar-refractivity contribution in [1.82, 2.24) is 0 Å². The molecule has 0 fully saturated rings. The fraction of sp³-hybridized carbons (Fsp3) is 0.208. The molecule has 27 heavy (non-hydrogen) atoms. The summed E-state index contributed by atoms with van der Waals surface area (Å²) in [4.78, 5) is 15.0. The van der Waals surface area contributed by atoms with E-state index in [9.17, 15) is 4.79 Å². The number of nitrogens with zero attached hydrogens (tertiary/aromatic N) is 1. The number of anilines is 1. The monoisotopic (exact) mass is 357 g/mol. The Labute approximate surface area is 160 Å². The lowest BCUT2D eigenvalue weighted by Gasteiger charge is -2.35. The average molecular weight is 357 g/mol. The lowest BCUT2D eigenvalue weighted by molar-refractivity contribution is -0.126. The Bertz CT molecular complexity index is 922. The van der Waals surface area contributed by atoms with Gasteiger partial charge in [0.25, 0.3) is 5.91 Å². The van der Waals surface area contributed by atoms with Crippen LogP contribution >= 0.6 is 0 Å². The summed E-state index contributed by atoms with van der Waals surface area (Å²) in [6.45, 7) is 2.63. The van der Waals surface area contributed by atoms with Gasteiger partial charge in [-0.05, 0) is 35.2 Å². The van der Waals surface area contributed by atoms with E-state index in [2.05, 4.69) is 43.3 Å². The topological polar surface area (TPSA) is 29.5 Å². The molecule has 4 rings (SSSR count). The van der Waals surface area contributed by atoms with Gasteiger partial charge in [-0.1, -0.05) is 80.1 Å². The molecular weight excluding hydrogens is 334 g/mol. The first-order chi connectivity index (χ1) is 13.3. The van der Waals surface area contributed by atoms with Crippen LogP contribution < -0.4 is 9.64 Å². The second kappa shape index (κ2) is 7.67. The first kappa shape index (κ1) is 17.3. The molecule has 0 saturated carbocycles. The van der Waals surface area contributed by atoms with Gasteiger partial charge in [0, 0.05) is 0 Å². The quantitative estimate of drug-likeness (QED) is 0.608. The van der Waals surface area contributed by atoms with Gasteiger partial charge in [-0.25, -0.2) is 0 Å². The third kappa shape index (κ3) is 3.59. The van der Waals surface area contributed by atoms with Crippen molar-refractivity contribution in [2.75, 3.05) is 4.90 Å². The van der Waals surface area contributed by atoms with E-state index in [1.807, 2.05) is 47.4 Å². The van der Waals surface area contributed by atoms with Crippen LogP contribution in [-0.2, 0) is 11.3 Å². The van der Waals surface area contributed by atoms with Crippen LogP contribution in [0.4, 0.5) is 5.69 Å².